The molecule has 10 heteroatoms. The van der Waals surface area contributed by atoms with Crippen molar-refractivity contribution in [3.8, 4) is 5.69 Å². The van der Waals surface area contributed by atoms with E-state index in [0.717, 1.165) is 37.6 Å². The second-order valence-corrected chi connectivity index (χ2v) is 9.80. The molecule has 186 valence electrons. The van der Waals surface area contributed by atoms with Gasteiger partial charge in [-0.3, -0.25) is 14.3 Å². The number of aromatic nitrogens is 2. The molecule has 2 heterocycles. The van der Waals surface area contributed by atoms with E-state index in [-0.39, 0.29) is 12.5 Å². The summed E-state index contributed by atoms with van der Waals surface area (Å²) in [6.45, 7) is 7.36. The minimum atomic E-state index is -0.702. The summed E-state index contributed by atoms with van der Waals surface area (Å²) in [6, 6.07) is 13.1. The minimum Gasteiger partial charge on any atom is -0.390 e. The van der Waals surface area contributed by atoms with Crippen LogP contribution >= 0.6 is 34.8 Å². The fourth-order valence-corrected chi connectivity index (χ4v) is 5.04. The van der Waals surface area contributed by atoms with Crippen LogP contribution in [0, 0.1) is 13.8 Å². The topological polar surface area (TPSA) is 73.6 Å². The third-order valence-electron chi connectivity index (χ3n) is 6.20. The number of aliphatic hydroxyl groups excluding tert-OH is 1. The first kappa shape index (κ1) is 25.8. The molecule has 1 aliphatic heterocycles. The maximum Gasteiger partial charge on any atom is 0.271 e. The molecule has 4 rings (SSSR count). The number of nitrogens with one attached hydrogen (secondary N) is 1. The normalized spacial score (nSPS) is 15.3. The van der Waals surface area contributed by atoms with Gasteiger partial charge < -0.3 is 15.3 Å². The number of aryl methyl sites for hydroxylation is 1. The molecule has 1 aromatic heterocycles. The molecule has 1 unspecified atom stereocenters. The molecule has 7 nitrogen and oxygen atoms in total. The third kappa shape index (κ3) is 5.76. The van der Waals surface area contributed by atoms with Gasteiger partial charge in [-0.2, -0.15) is 0 Å². The van der Waals surface area contributed by atoms with Gasteiger partial charge in [0, 0.05) is 39.3 Å². The first-order valence-electron chi connectivity index (χ1n) is 11.4. The van der Waals surface area contributed by atoms with Crippen LogP contribution in [0.5, 0.6) is 0 Å². The number of anilines is 1. The summed E-state index contributed by atoms with van der Waals surface area (Å²) in [5.74, 6) is 0.342. The second-order valence-electron chi connectivity index (χ2n) is 8.60. The van der Waals surface area contributed by atoms with Crippen LogP contribution in [-0.2, 0) is 0 Å². The molecule has 3 aromatic rings. The summed E-state index contributed by atoms with van der Waals surface area (Å²) in [4.78, 5) is 21.6. The molecule has 1 amide bonds. The summed E-state index contributed by atoms with van der Waals surface area (Å²) >= 11 is 18.8. The number of hydrogen-bond acceptors (Lipinski definition) is 5. The van der Waals surface area contributed by atoms with E-state index in [1.807, 2.05) is 48.7 Å². The number of imidazole rings is 1. The lowest BCUT2D eigenvalue weighted by Crippen LogP contribution is -2.50. The minimum absolute atomic E-state index is 0.136. The largest absolute Gasteiger partial charge is 0.390 e. The summed E-state index contributed by atoms with van der Waals surface area (Å²) in [6.07, 6.45) is -0.702. The van der Waals surface area contributed by atoms with Gasteiger partial charge in [-0.1, -0.05) is 53.0 Å². The number of hydrogen-bond donors (Lipinski definition) is 2. The lowest BCUT2D eigenvalue weighted by Gasteiger charge is -2.37. The Morgan fingerprint density at radius 1 is 1.00 bits per heavy atom. The van der Waals surface area contributed by atoms with E-state index in [4.69, 9.17) is 34.8 Å². The summed E-state index contributed by atoms with van der Waals surface area (Å²) < 4.78 is 1.86. The van der Waals surface area contributed by atoms with Crippen molar-refractivity contribution in [3.05, 3.63) is 74.7 Å². The van der Waals surface area contributed by atoms with Gasteiger partial charge in [0.25, 0.3) is 5.91 Å². The average molecular weight is 537 g/mol. The highest BCUT2D eigenvalue weighted by Gasteiger charge is 2.23. The zero-order chi connectivity index (χ0) is 25.1. The van der Waals surface area contributed by atoms with Crippen LogP contribution < -0.4 is 10.2 Å². The molecular formula is C25H28Cl3N5O2. The number of benzene rings is 2. The standard InChI is InChI=1S/C25H28Cl3N5O2/c1-16-24(30-17(2)33(16)21-8-4-3-6-19(21)26)25(35)29-14-18(34)15-31-10-12-32(13-11-31)22-9-5-7-20(27)23(22)28/h3-9,18,34H,10-15H2,1-2H3,(H,29,35). The van der Waals surface area contributed by atoms with Crippen molar-refractivity contribution in [2.24, 2.45) is 0 Å². The first-order valence-corrected chi connectivity index (χ1v) is 12.6. The van der Waals surface area contributed by atoms with Crippen molar-refractivity contribution in [1.29, 1.82) is 0 Å². The second kappa shape index (κ2) is 11.2. The van der Waals surface area contributed by atoms with Crippen LogP contribution in [-0.4, -0.2) is 70.8 Å². The summed E-state index contributed by atoms with van der Waals surface area (Å²) in [5, 5.41) is 15.1. The predicted octanol–water partition coefficient (Wildman–Crippen LogP) is 4.36. The van der Waals surface area contributed by atoms with Crippen LogP contribution in [0.4, 0.5) is 5.69 Å². The maximum atomic E-state index is 12.8. The van der Waals surface area contributed by atoms with Gasteiger partial charge >= 0.3 is 0 Å². The fourth-order valence-electron chi connectivity index (χ4n) is 4.41. The molecule has 2 aromatic carbocycles. The van der Waals surface area contributed by atoms with Gasteiger partial charge in [0.1, 0.15) is 11.5 Å². The summed E-state index contributed by atoms with van der Waals surface area (Å²) in [5.41, 5.74) is 2.71. The SMILES string of the molecule is Cc1nc(C(=O)NCC(O)CN2CCN(c3cccc(Cl)c3Cl)CC2)c(C)n1-c1ccccc1Cl. The highest BCUT2D eigenvalue weighted by molar-refractivity contribution is 6.43. The quantitative estimate of drug-likeness (QED) is 0.469. The molecule has 0 bridgehead atoms. The van der Waals surface area contributed by atoms with E-state index in [0.29, 0.717) is 38.8 Å². The molecule has 1 saturated heterocycles. The van der Waals surface area contributed by atoms with E-state index >= 15 is 0 Å². The van der Waals surface area contributed by atoms with Crippen molar-refractivity contribution >= 4 is 46.4 Å². The van der Waals surface area contributed by atoms with Crippen molar-refractivity contribution in [2.45, 2.75) is 20.0 Å². The number of β-amino-alcohol motifs (C(OH)–C–C–N with tert-alkyl or cyclic N) is 1. The number of amides is 1. The molecule has 1 fully saturated rings. The average Bonchev–Trinajstić information content (AvgIpc) is 3.14. The molecule has 2 N–H and O–H groups in total. The monoisotopic (exact) mass is 535 g/mol. The van der Waals surface area contributed by atoms with E-state index < -0.39 is 6.10 Å². The maximum absolute atomic E-state index is 12.8. The summed E-state index contributed by atoms with van der Waals surface area (Å²) in [7, 11) is 0. The van der Waals surface area contributed by atoms with Gasteiger partial charge in [-0.25, -0.2) is 4.98 Å². The number of aliphatic hydroxyl groups is 1. The molecule has 0 radical (unpaired) electrons. The zero-order valence-corrected chi connectivity index (χ0v) is 21.9. The Balaban J connectivity index is 1.30. The van der Waals surface area contributed by atoms with E-state index in [9.17, 15) is 9.90 Å². The Labute approximate surface area is 220 Å². The number of halogens is 3. The van der Waals surface area contributed by atoms with E-state index in [1.54, 1.807) is 12.1 Å². The molecule has 0 aliphatic carbocycles. The number of rotatable bonds is 7. The molecule has 0 spiro atoms. The van der Waals surface area contributed by atoms with Crippen LogP contribution in [0.2, 0.25) is 15.1 Å². The Hall–Kier alpha value is -2.29. The molecule has 1 aliphatic rings. The third-order valence-corrected chi connectivity index (χ3v) is 7.32. The lowest BCUT2D eigenvalue weighted by molar-refractivity contribution is 0.0847. The van der Waals surface area contributed by atoms with Gasteiger partial charge in [-0.15, -0.1) is 0 Å². The van der Waals surface area contributed by atoms with Gasteiger partial charge in [0.05, 0.1) is 38.2 Å². The predicted molar refractivity (Wildman–Crippen MR) is 142 cm³/mol. The van der Waals surface area contributed by atoms with Crippen LogP contribution in [0.15, 0.2) is 42.5 Å². The Morgan fingerprint density at radius 3 is 2.37 bits per heavy atom. The molecule has 1 atom stereocenters. The van der Waals surface area contributed by atoms with Gasteiger partial charge in [0.2, 0.25) is 0 Å². The van der Waals surface area contributed by atoms with Crippen molar-refractivity contribution in [1.82, 2.24) is 19.8 Å². The highest BCUT2D eigenvalue weighted by Crippen LogP contribution is 2.33. The smallest absolute Gasteiger partial charge is 0.271 e. The van der Waals surface area contributed by atoms with Gasteiger partial charge in [-0.05, 0) is 38.1 Å². The number of nitrogens with zero attached hydrogens (tertiary/aromatic N) is 4. The number of para-hydroxylation sites is 1. The highest BCUT2D eigenvalue weighted by atomic mass is 35.5. The van der Waals surface area contributed by atoms with E-state index in [2.05, 4.69) is 20.1 Å². The van der Waals surface area contributed by atoms with Gasteiger partial charge in [0.15, 0.2) is 0 Å². The Kier molecular flexibility index (Phi) is 8.24. The van der Waals surface area contributed by atoms with Crippen LogP contribution in [0.1, 0.15) is 22.0 Å². The molecule has 35 heavy (non-hydrogen) atoms. The van der Waals surface area contributed by atoms with E-state index in [1.165, 1.54) is 0 Å². The Morgan fingerprint density at radius 2 is 1.66 bits per heavy atom. The zero-order valence-electron chi connectivity index (χ0n) is 19.6. The van der Waals surface area contributed by atoms with Crippen LogP contribution in [0.3, 0.4) is 0 Å². The van der Waals surface area contributed by atoms with Crippen molar-refractivity contribution < 1.29 is 9.90 Å². The first-order chi connectivity index (χ1) is 16.8. The number of carbonyl (C=O) groups excluding carboxylic acids is 1. The van der Waals surface area contributed by atoms with Crippen molar-refractivity contribution in [3.63, 3.8) is 0 Å². The molecular weight excluding hydrogens is 509 g/mol. The number of carbonyl (C=O) groups is 1. The van der Waals surface area contributed by atoms with Crippen LogP contribution in [0.25, 0.3) is 5.69 Å². The van der Waals surface area contributed by atoms with Crippen molar-refractivity contribution in [2.75, 3.05) is 44.2 Å². The molecule has 0 saturated carbocycles. The lowest BCUT2D eigenvalue weighted by atomic mass is 10.2. The number of piperazine rings is 1. The Bertz CT molecular complexity index is 1210. The fraction of sp³-hybridized carbons (Fsp3) is 0.360.